The average molecular weight is 208 g/mol. The second kappa shape index (κ2) is 4.02. The first-order valence-electron chi connectivity index (χ1n) is 4.38. The van der Waals surface area contributed by atoms with Gasteiger partial charge in [-0.05, 0) is 25.7 Å². The van der Waals surface area contributed by atoms with Crippen molar-refractivity contribution in [3.05, 3.63) is 12.2 Å². The fraction of sp³-hybridized carbons (Fsp3) is 0.667. The lowest BCUT2D eigenvalue weighted by atomic mass is 10.3. The number of carbonyl (C=O) groups excluding carboxylic acids is 1. The molecule has 0 radical (unpaired) electrons. The van der Waals surface area contributed by atoms with Gasteiger partial charge >= 0.3 is 12.1 Å². The van der Waals surface area contributed by atoms with E-state index in [1.54, 1.807) is 0 Å². The number of ether oxygens (including phenoxy) is 1. The summed E-state index contributed by atoms with van der Waals surface area (Å²) in [5.74, 6) is -1.34. The van der Waals surface area contributed by atoms with Crippen LogP contribution in [0.25, 0.3) is 0 Å². The molecule has 0 amide bonds. The average Bonchev–Trinajstić information content (AvgIpc) is 2.53. The summed E-state index contributed by atoms with van der Waals surface area (Å²) in [6.07, 6.45) is -1.95. The third-order valence-corrected chi connectivity index (χ3v) is 2.16. The minimum Gasteiger partial charge on any atom is -0.459 e. The Hall–Kier alpha value is -1.00. The standard InChI is InChI=1S/C9H11F3O2/c1-6(9(10,11)12)8(13)14-7-4-2-3-5-7/h7H,1-5H2. The number of alkyl halides is 3. The second-order valence-electron chi connectivity index (χ2n) is 3.29. The largest absolute Gasteiger partial charge is 0.459 e. The Labute approximate surface area is 79.7 Å². The van der Waals surface area contributed by atoms with Gasteiger partial charge in [-0.1, -0.05) is 6.58 Å². The SMILES string of the molecule is C=C(C(=O)OC1CCCC1)C(F)(F)F. The van der Waals surface area contributed by atoms with Crippen LogP contribution in [0.4, 0.5) is 13.2 Å². The molecular weight excluding hydrogens is 197 g/mol. The van der Waals surface area contributed by atoms with Gasteiger partial charge in [0.25, 0.3) is 0 Å². The first kappa shape index (κ1) is 11.1. The van der Waals surface area contributed by atoms with Gasteiger partial charge in [-0.2, -0.15) is 13.2 Å². The Morgan fingerprint density at radius 2 is 1.79 bits per heavy atom. The van der Waals surface area contributed by atoms with E-state index in [2.05, 4.69) is 11.3 Å². The molecule has 0 atom stereocenters. The number of hydrogen-bond donors (Lipinski definition) is 0. The van der Waals surface area contributed by atoms with Crippen LogP contribution < -0.4 is 0 Å². The van der Waals surface area contributed by atoms with Gasteiger partial charge in [-0.3, -0.25) is 0 Å². The predicted molar refractivity (Wildman–Crippen MR) is 43.5 cm³/mol. The molecule has 0 spiro atoms. The van der Waals surface area contributed by atoms with E-state index >= 15 is 0 Å². The Morgan fingerprint density at radius 1 is 1.29 bits per heavy atom. The Morgan fingerprint density at radius 3 is 2.21 bits per heavy atom. The van der Waals surface area contributed by atoms with Crippen LogP contribution in [0.3, 0.4) is 0 Å². The first-order chi connectivity index (χ1) is 6.41. The topological polar surface area (TPSA) is 26.3 Å². The molecule has 0 N–H and O–H groups in total. The zero-order valence-electron chi connectivity index (χ0n) is 7.56. The molecule has 0 aliphatic heterocycles. The van der Waals surface area contributed by atoms with Crippen molar-refractivity contribution in [1.29, 1.82) is 0 Å². The molecule has 14 heavy (non-hydrogen) atoms. The van der Waals surface area contributed by atoms with Crippen molar-refractivity contribution in [3.63, 3.8) is 0 Å². The van der Waals surface area contributed by atoms with Crippen molar-refractivity contribution in [1.82, 2.24) is 0 Å². The third-order valence-electron chi connectivity index (χ3n) is 2.16. The molecule has 80 valence electrons. The summed E-state index contributed by atoms with van der Waals surface area (Å²) in [6.45, 7) is 2.67. The van der Waals surface area contributed by atoms with E-state index in [-0.39, 0.29) is 6.10 Å². The molecule has 0 aromatic carbocycles. The van der Waals surface area contributed by atoms with Crippen LogP contribution >= 0.6 is 0 Å². The fourth-order valence-electron chi connectivity index (χ4n) is 1.34. The maximum Gasteiger partial charge on any atom is 0.422 e. The first-order valence-corrected chi connectivity index (χ1v) is 4.38. The van der Waals surface area contributed by atoms with Gasteiger partial charge in [0, 0.05) is 0 Å². The minimum atomic E-state index is -4.68. The molecule has 5 heteroatoms. The monoisotopic (exact) mass is 208 g/mol. The van der Waals surface area contributed by atoms with Crippen LogP contribution in [0.5, 0.6) is 0 Å². The summed E-state index contributed by atoms with van der Waals surface area (Å²) in [6, 6.07) is 0. The molecule has 0 heterocycles. The van der Waals surface area contributed by atoms with E-state index in [1.807, 2.05) is 0 Å². The molecular formula is C9H11F3O2. The lowest BCUT2D eigenvalue weighted by Gasteiger charge is -2.13. The molecule has 1 aliphatic carbocycles. The lowest BCUT2D eigenvalue weighted by molar-refractivity contribution is -0.155. The van der Waals surface area contributed by atoms with Gasteiger partial charge in [0.1, 0.15) is 11.7 Å². The van der Waals surface area contributed by atoms with Crippen LogP contribution in [-0.2, 0) is 9.53 Å². The van der Waals surface area contributed by atoms with Crippen molar-refractivity contribution in [2.45, 2.75) is 38.0 Å². The summed E-state index contributed by atoms with van der Waals surface area (Å²) in [5.41, 5.74) is -1.43. The van der Waals surface area contributed by atoms with Crippen molar-refractivity contribution >= 4 is 5.97 Å². The van der Waals surface area contributed by atoms with Gasteiger partial charge in [-0.15, -0.1) is 0 Å². The van der Waals surface area contributed by atoms with Crippen molar-refractivity contribution in [2.24, 2.45) is 0 Å². The van der Waals surface area contributed by atoms with E-state index < -0.39 is 17.7 Å². The second-order valence-corrected chi connectivity index (χ2v) is 3.29. The van der Waals surface area contributed by atoms with E-state index in [1.165, 1.54) is 0 Å². The van der Waals surface area contributed by atoms with Crippen LogP contribution in [0, 0.1) is 0 Å². The molecule has 0 unspecified atom stereocenters. The Bertz CT molecular complexity index is 239. The number of hydrogen-bond acceptors (Lipinski definition) is 2. The van der Waals surface area contributed by atoms with Gasteiger partial charge in [0.15, 0.2) is 0 Å². The summed E-state index contributed by atoms with van der Waals surface area (Å²) in [4.78, 5) is 10.9. The number of rotatable bonds is 2. The zero-order valence-corrected chi connectivity index (χ0v) is 7.56. The van der Waals surface area contributed by atoms with Crippen LogP contribution in [0.1, 0.15) is 25.7 Å². The van der Waals surface area contributed by atoms with E-state index in [4.69, 9.17) is 0 Å². The molecule has 0 aromatic rings. The smallest absolute Gasteiger partial charge is 0.422 e. The minimum absolute atomic E-state index is 0.360. The maximum absolute atomic E-state index is 12.0. The summed E-state index contributed by atoms with van der Waals surface area (Å²) >= 11 is 0. The maximum atomic E-state index is 12.0. The normalized spacial score (nSPS) is 18.2. The summed E-state index contributed by atoms with van der Waals surface area (Å²) in [5, 5.41) is 0. The quantitative estimate of drug-likeness (QED) is 0.515. The highest BCUT2D eigenvalue weighted by Crippen LogP contribution is 2.27. The van der Waals surface area contributed by atoms with Crippen molar-refractivity contribution < 1.29 is 22.7 Å². The molecule has 0 aromatic heterocycles. The van der Waals surface area contributed by atoms with Gasteiger partial charge < -0.3 is 4.74 Å². The Balaban J connectivity index is 2.45. The van der Waals surface area contributed by atoms with Crippen LogP contribution in [0.15, 0.2) is 12.2 Å². The highest BCUT2D eigenvalue weighted by Gasteiger charge is 2.38. The molecule has 1 aliphatic rings. The van der Waals surface area contributed by atoms with E-state index in [0.717, 1.165) is 12.8 Å². The van der Waals surface area contributed by atoms with E-state index in [0.29, 0.717) is 12.8 Å². The van der Waals surface area contributed by atoms with Crippen molar-refractivity contribution in [2.75, 3.05) is 0 Å². The number of esters is 1. The van der Waals surface area contributed by atoms with Gasteiger partial charge in [0.2, 0.25) is 0 Å². The molecule has 2 nitrogen and oxygen atoms in total. The van der Waals surface area contributed by atoms with E-state index in [9.17, 15) is 18.0 Å². The summed E-state index contributed by atoms with van der Waals surface area (Å²) in [7, 11) is 0. The zero-order chi connectivity index (χ0) is 10.8. The van der Waals surface area contributed by atoms with Gasteiger partial charge in [0.05, 0.1) is 0 Å². The predicted octanol–water partition coefficient (Wildman–Crippen LogP) is 2.59. The highest BCUT2D eigenvalue weighted by molar-refractivity contribution is 5.89. The van der Waals surface area contributed by atoms with Crippen molar-refractivity contribution in [3.8, 4) is 0 Å². The molecule has 1 saturated carbocycles. The number of halogens is 3. The highest BCUT2D eigenvalue weighted by atomic mass is 19.4. The molecule has 0 bridgehead atoms. The third kappa shape index (κ3) is 2.75. The lowest BCUT2D eigenvalue weighted by Crippen LogP contribution is -2.24. The molecule has 1 rings (SSSR count). The molecule has 1 fully saturated rings. The van der Waals surface area contributed by atoms with Crippen LogP contribution in [-0.4, -0.2) is 18.2 Å². The van der Waals surface area contributed by atoms with Crippen LogP contribution in [0.2, 0.25) is 0 Å². The number of carbonyl (C=O) groups is 1. The van der Waals surface area contributed by atoms with Gasteiger partial charge in [-0.25, -0.2) is 4.79 Å². The summed E-state index contributed by atoms with van der Waals surface area (Å²) < 4.78 is 40.6. The fourth-order valence-corrected chi connectivity index (χ4v) is 1.34. The Kier molecular flexibility index (Phi) is 3.18. The molecule has 0 saturated heterocycles.